The highest BCUT2D eigenvalue weighted by Gasteiger charge is 2.06. The van der Waals surface area contributed by atoms with Crippen LogP contribution in [0, 0.1) is 13.8 Å². The molecule has 100 valence electrons. The van der Waals surface area contributed by atoms with Gasteiger partial charge in [0.15, 0.2) is 0 Å². The van der Waals surface area contributed by atoms with Crippen LogP contribution in [0.15, 0.2) is 48.5 Å². The average molecular weight is 274 g/mol. The second kappa shape index (κ2) is 6.74. The van der Waals surface area contributed by atoms with Crippen molar-refractivity contribution < 1.29 is 0 Å². The lowest BCUT2D eigenvalue weighted by atomic mass is 10.1. The number of benzene rings is 2. The van der Waals surface area contributed by atoms with Gasteiger partial charge in [-0.2, -0.15) is 0 Å². The van der Waals surface area contributed by atoms with E-state index in [1.54, 1.807) is 0 Å². The smallest absolute Gasteiger partial charge is 0.0709 e. The van der Waals surface area contributed by atoms with Crippen molar-refractivity contribution in [2.24, 2.45) is 0 Å². The van der Waals surface area contributed by atoms with E-state index >= 15 is 0 Å². The number of hydrogen-bond donors (Lipinski definition) is 1. The Morgan fingerprint density at radius 3 is 2.53 bits per heavy atom. The van der Waals surface area contributed by atoms with E-state index in [1.165, 1.54) is 16.7 Å². The highest BCUT2D eigenvalue weighted by Crippen LogP contribution is 2.19. The second-order valence-electron chi connectivity index (χ2n) is 4.94. The van der Waals surface area contributed by atoms with Gasteiger partial charge in [-0.05, 0) is 30.5 Å². The maximum absolute atomic E-state index is 6.38. The molecular formula is C17H20ClN. The van der Waals surface area contributed by atoms with E-state index in [0.717, 1.165) is 18.7 Å². The van der Waals surface area contributed by atoms with E-state index in [1.807, 2.05) is 18.2 Å². The van der Waals surface area contributed by atoms with E-state index < -0.39 is 0 Å². The zero-order valence-corrected chi connectivity index (χ0v) is 12.2. The molecule has 0 aliphatic carbocycles. The summed E-state index contributed by atoms with van der Waals surface area (Å²) < 4.78 is 0. The van der Waals surface area contributed by atoms with E-state index in [0.29, 0.717) is 0 Å². The second-order valence-corrected chi connectivity index (χ2v) is 5.47. The molecule has 0 spiro atoms. The Labute approximate surface area is 120 Å². The molecule has 0 aromatic heterocycles. The maximum atomic E-state index is 6.38. The fourth-order valence-electron chi connectivity index (χ4n) is 2.10. The summed E-state index contributed by atoms with van der Waals surface area (Å²) in [4.78, 5) is 0. The number of nitrogens with one attached hydrogen (secondary N) is 1. The van der Waals surface area contributed by atoms with Crippen molar-refractivity contribution in [3.05, 3.63) is 70.8 Å². The Hall–Kier alpha value is -1.31. The Morgan fingerprint density at radius 2 is 1.79 bits per heavy atom. The van der Waals surface area contributed by atoms with Gasteiger partial charge in [0.25, 0.3) is 0 Å². The number of hydrogen-bond acceptors (Lipinski definition) is 1. The van der Waals surface area contributed by atoms with Crippen molar-refractivity contribution in [1.29, 1.82) is 0 Å². The van der Waals surface area contributed by atoms with E-state index in [-0.39, 0.29) is 5.38 Å². The van der Waals surface area contributed by atoms with Gasteiger partial charge >= 0.3 is 0 Å². The zero-order valence-electron chi connectivity index (χ0n) is 11.5. The number of halogens is 1. The molecule has 1 unspecified atom stereocenters. The molecule has 0 aliphatic rings. The molecule has 0 radical (unpaired) electrons. The minimum atomic E-state index is 0.0197. The molecule has 0 heterocycles. The van der Waals surface area contributed by atoms with Crippen LogP contribution in [0.5, 0.6) is 0 Å². The van der Waals surface area contributed by atoms with Crippen LogP contribution in [-0.4, -0.2) is 6.54 Å². The molecule has 19 heavy (non-hydrogen) atoms. The van der Waals surface area contributed by atoms with Crippen molar-refractivity contribution in [3.8, 4) is 0 Å². The van der Waals surface area contributed by atoms with Gasteiger partial charge in [0.1, 0.15) is 0 Å². The lowest BCUT2D eigenvalue weighted by Gasteiger charge is -2.13. The summed E-state index contributed by atoms with van der Waals surface area (Å²) in [5.41, 5.74) is 5.13. The van der Waals surface area contributed by atoms with Crippen LogP contribution in [0.4, 0.5) is 0 Å². The highest BCUT2D eigenvalue weighted by atomic mass is 35.5. The van der Waals surface area contributed by atoms with Crippen LogP contribution in [0.2, 0.25) is 0 Å². The van der Waals surface area contributed by atoms with Gasteiger partial charge in [-0.15, -0.1) is 11.6 Å². The Morgan fingerprint density at radius 1 is 1.05 bits per heavy atom. The predicted molar refractivity (Wildman–Crippen MR) is 82.7 cm³/mol. The SMILES string of the molecule is Cc1ccc(C)c(CNCC(Cl)c2ccccc2)c1. The topological polar surface area (TPSA) is 12.0 Å². The number of aryl methyl sites for hydroxylation is 2. The molecule has 0 saturated heterocycles. The molecule has 0 aliphatic heterocycles. The van der Waals surface area contributed by atoms with Crippen molar-refractivity contribution in [1.82, 2.24) is 5.32 Å². The molecule has 0 saturated carbocycles. The molecule has 1 atom stereocenters. The van der Waals surface area contributed by atoms with Crippen LogP contribution < -0.4 is 5.32 Å². The monoisotopic (exact) mass is 273 g/mol. The summed E-state index contributed by atoms with van der Waals surface area (Å²) >= 11 is 6.38. The van der Waals surface area contributed by atoms with Gasteiger partial charge in [0, 0.05) is 13.1 Å². The highest BCUT2D eigenvalue weighted by molar-refractivity contribution is 6.21. The van der Waals surface area contributed by atoms with E-state index in [4.69, 9.17) is 11.6 Å². The third-order valence-electron chi connectivity index (χ3n) is 3.30. The van der Waals surface area contributed by atoms with Gasteiger partial charge in [0.05, 0.1) is 5.38 Å². The fourth-order valence-corrected chi connectivity index (χ4v) is 2.36. The van der Waals surface area contributed by atoms with E-state index in [2.05, 4.69) is 49.5 Å². The van der Waals surface area contributed by atoms with Crippen molar-refractivity contribution in [2.75, 3.05) is 6.54 Å². The minimum Gasteiger partial charge on any atom is -0.311 e. The molecule has 1 N–H and O–H groups in total. The first kappa shape index (κ1) is 14.1. The molecule has 0 bridgehead atoms. The van der Waals surface area contributed by atoms with Crippen LogP contribution in [0.1, 0.15) is 27.6 Å². The first-order valence-electron chi connectivity index (χ1n) is 6.62. The Bertz CT molecular complexity index is 522. The lowest BCUT2D eigenvalue weighted by Crippen LogP contribution is -2.19. The lowest BCUT2D eigenvalue weighted by molar-refractivity contribution is 0.672. The molecule has 2 heteroatoms. The fraction of sp³-hybridized carbons (Fsp3) is 0.294. The molecule has 2 rings (SSSR count). The van der Waals surface area contributed by atoms with Gasteiger partial charge in [-0.1, -0.05) is 54.1 Å². The Balaban J connectivity index is 1.88. The number of rotatable bonds is 5. The van der Waals surface area contributed by atoms with Crippen molar-refractivity contribution >= 4 is 11.6 Å². The maximum Gasteiger partial charge on any atom is 0.0709 e. The van der Waals surface area contributed by atoms with Crippen LogP contribution in [0.25, 0.3) is 0 Å². The van der Waals surface area contributed by atoms with Gasteiger partial charge in [-0.25, -0.2) is 0 Å². The summed E-state index contributed by atoms with van der Waals surface area (Å²) in [6.45, 7) is 5.91. The summed E-state index contributed by atoms with van der Waals surface area (Å²) in [6, 6.07) is 16.7. The summed E-state index contributed by atoms with van der Waals surface area (Å²) in [5.74, 6) is 0. The first-order valence-corrected chi connectivity index (χ1v) is 7.06. The predicted octanol–water partition coefficient (Wildman–Crippen LogP) is 4.37. The zero-order chi connectivity index (χ0) is 13.7. The average Bonchev–Trinajstić information content (AvgIpc) is 2.43. The first-order chi connectivity index (χ1) is 9.16. The third kappa shape index (κ3) is 4.09. The molecule has 2 aromatic carbocycles. The molecule has 1 nitrogen and oxygen atoms in total. The molecular weight excluding hydrogens is 254 g/mol. The molecule has 0 amide bonds. The Kier molecular flexibility index (Phi) is 5.00. The number of alkyl halides is 1. The van der Waals surface area contributed by atoms with Gasteiger partial charge in [-0.3, -0.25) is 0 Å². The summed E-state index contributed by atoms with van der Waals surface area (Å²) in [7, 11) is 0. The standard InChI is InChI=1S/C17H20ClN/c1-13-8-9-14(2)16(10-13)11-19-12-17(18)15-6-4-3-5-7-15/h3-10,17,19H,11-12H2,1-2H3. The summed E-state index contributed by atoms with van der Waals surface area (Å²) in [6.07, 6.45) is 0. The van der Waals surface area contributed by atoms with Crippen LogP contribution in [-0.2, 0) is 6.54 Å². The van der Waals surface area contributed by atoms with Crippen molar-refractivity contribution in [2.45, 2.75) is 25.8 Å². The van der Waals surface area contributed by atoms with Crippen LogP contribution in [0.3, 0.4) is 0 Å². The third-order valence-corrected chi connectivity index (χ3v) is 3.71. The normalized spacial score (nSPS) is 12.4. The van der Waals surface area contributed by atoms with Gasteiger partial charge in [0.2, 0.25) is 0 Å². The minimum absolute atomic E-state index is 0.0197. The van der Waals surface area contributed by atoms with E-state index in [9.17, 15) is 0 Å². The molecule has 2 aromatic rings. The van der Waals surface area contributed by atoms with Gasteiger partial charge < -0.3 is 5.32 Å². The molecule has 0 fully saturated rings. The largest absolute Gasteiger partial charge is 0.311 e. The van der Waals surface area contributed by atoms with Crippen LogP contribution >= 0.6 is 11.6 Å². The summed E-state index contributed by atoms with van der Waals surface area (Å²) in [5, 5.41) is 3.46. The van der Waals surface area contributed by atoms with Crippen molar-refractivity contribution in [3.63, 3.8) is 0 Å². The quantitative estimate of drug-likeness (QED) is 0.798.